The third-order valence-corrected chi connectivity index (χ3v) is 32.2. The van der Waals surface area contributed by atoms with E-state index in [4.69, 9.17) is 29.9 Å². The van der Waals surface area contributed by atoms with Crippen LogP contribution in [-0.2, 0) is 51.4 Å². The molecule has 28 aromatic rings. The minimum atomic E-state index is 0.901. The van der Waals surface area contributed by atoms with E-state index in [1.807, 2.05) is 98.9 Å². The van der Waals surface area contributed by atoms with Crippen LogP contribution in [0.25, 0.3) is 243 Å². The Bertz CT molecular complexity index is 9460. The number of pyridine rings is 12. The quantitative estimate of drug-likeness (QED) is 0.132. The molecule has 16 aromatic heterocycles. The lowest BCUT2D eigenvalue weighted by Gasteiger charge is -2.08. The smallest absolute Gasteiger partial charge is 0.165 e. The number of hydrogen-bond donors (Lipinski definition) is 0. The predicted octanol–water partition coefficient (Wildman–Crippen LogP) is 26.9. The maximum Gasteiger partial charge on any atom is 0.165 e. The Morgan fingerprint density at radius 2 is 0.421 bits per heavy atom. The first-order valence-electron chi connectivity index (χ1n) is 48.2. The largest absolute Gasteiger partial charge is 0.290 e. The van der Waals surface area contributed by atoms with Gasteiger partial charge in [-0.05, 0) is 288 Å². The van der Waals surface area contributed by atoms with Crippen molar-refractivity contribution in [3.05, 3.63) is 431 Å². The number of nitrogens with zero attached hydrogens (tertiary/aromatic N) is 16. The fourth-order valence-corrected chi connectivity index (χ4v) is 26.2. The highest BCUT2D eigenvalue weighted by molar-refractivity contribution is 6.18. The molecule has 16 heterocycles. The third-order valence-electron chi connectivity index (χ3n) is 32.2. The summed E-state index contributed by atoms with van der Waals surface area (Å²) in [5, 5.41) is 11.2. The second-order valence-corrected chi connectivity index (χ2v) is 38.6. The summed E-state index contributed by atoms with van der Waals surface area (Å²) in [5.41, 5.74) is 63.6. The number of hydrogen-bond acceptors (Lipinski definition) is 12. The van der Waals surface area contributed by atoms with Crippen LogP contribution in [0.3, 0.4) is 0 Å². The predicted molar refractivity (Wildman–Crippen MR) is 559 cm³/mol. The van der Waals surface area contributed by atoms with Gasteiger partial charge < -0.3 is 0 Å². The molecule has 0 saturated carbocycles. The fraction of sp³-hybridized carbons (Fsp3) is 0.0645. The highest BCUT2D eigenvalue weighted by atomic mass is 15.1. The molecule has 648 valence electrons. The van der Waals surface area contributed by atoms with Crippen molar-refractivity contribution in [2.75, 3.05) is 0 Å². The van der Waals surface area contributed by atoms with Gasteiger partial charge in [0.25, 0.3) is 0 Å². The average molecular weight is 1790 g/mol. The van der Waals surface area contributed by atoms with Crippen molar-refractivity contribution >= 4 is 154 Å². The molecular formula is C124H72N16. The topological polar surface area (TPSA) is 172 Å². The lowest BCUT2D eigenvalue weighted by atomic mass is 9.96. The average Bonchev–Trinajstić information content (AvgIpc) is 1.55. The zero-order chi connectivity index (χ0) is 90.7. The van der Waals surface area contributed by atoms with E-state index in [1.54, 1.807) is 0 Å². The first kappa shape index (κ1) is 75.1. The van der Waals surface area contributed by atoms with Crippen molar-refractivity contribution < 1.29 is 0 Å². The van der Waals surface area contributed by atoms with Gasteiger partial charge >= 0.3 is 0 Å². The van der Waals surface area contributed by atoms with Crippen LogP contribution in [0, 0.1) is 0 Å². The molecule has 0 unspecified atom stereocenters. The molecule has 0 bridgehead atoms. The Labute approximate surface area is 796 Å². The van der Waals surface area contributed by atoms with E-state index in [9.17, 15) is 0 Å². The van der Waals surface area contributed by atoms with Crippen LogP contribution in [0.5, 0.6) is 0 Å². The number of aromatic nitrogens is 16. The minimum absolute atomic E-state index is 0.901. The minimum Gasteiger partial charge on any atom is -0.290 e. The lowest BCUT2D eigenvalue weighted by Crippen LogP contribution is -1.93. The van der Waals surface area contributed by atoms with E-state index < -0.39 is 0 Å². The van der Waals surface area contributed by atoms with Gasteiger partial charge in [0.2, 0.25) is 0 Å². The summed E-state index contributed by atoms with van der Waals surface area (Å²) in [6, 6.07) is 92.7. The molecule has 0 radical (unpaired) electrons. The van der Waals surface area contributed by atoms with E-state index in [1.165, 1.54) is 183 Å². The van der Waals surface area contributed by atoms with E-state index in [0.29, 0.717) is 0 Å². The molecule has 8 aliphatic rings. The molecule has 0 amide bonds. The first-order valence-corrected chi connectivity index (χ1v) is 48.2. The van der Waals surface area contributed by atoms with Crippen molar-refractivity contribution in [3.8, 4) is 89.0 Å². The van der Waals surface area contributed by atoms with Crippen LogP contribution in [0.4, 0.5) is 0 Å². The second-order valence-electron chi connectivity index (χ2n) is 38.6. The maximum atomic E-state index is 5.29. The Morgan fingerprint density at radius 1 is 0.150 bits per heavy atom. The van der Waals surface area contributed by atoms with Gasteiger partial charge in [0, 0.05) is 136 Å². The molecule has 16 nitrogen and oxygen atoms in total. The highest BCUT2D eigenvalue weighted by Gasteiger charge is 2.37. The Morgan fingerprint density at radius 3 is 0.829 bits per heavy atom. The van der Waals surface area contributed by atoms with Crippen LogP contribution in [0.15, 0.2) is 342 Å². The van der Waals surface area contributed by atoms with Gasteiger partial charge in [-0.1, -0.05) is 176 Å². The van der Waals surface area contributed by atoms with Gasteiger partial charge in [0.1, 0.15) is 22.5 Å². The summed E-state index contributed by atoms with van der Waals surface area (Å²) >= 11 is 0. The summed E-state index contributed by atoms with van der Waals surface area (Å²) in [4.78, 5) is 57.2. The zero-order valence-corrected chi connectivity index (χ0v) is 75.1. The summed E-state index contributed by atoms with van der Waals surface area (Å²) < 4.78 is 9.07. The summed E-state index contributed by atoms with van der Waals surface area (Å²) in [7, 11) is 0. The van der Waals surface area contributed by atoms with Crippen LogP contribution in [0.2, 0.25) is 0 Å². The van der Waals surface area contributed by atoms with Gasteiger partial charge in [0.15, 0.2) is 5.65 Å². The van der Waals surface area contributed by atoms with Crippen molar-refractivity contribution in [2.24, 2.45) is 0 Å². The van der Waals surface area contributed by atoms with Gasteiger partial charge in [-0.3, -0.25) is 57.5 Å². The molecule has 0 atom stereocenters. The Balaban J connectivity index is 0.0000000829. The summed E-state index contributed by atoms with van der Waals surface area (Å²) in [6.45, 7) is 0. The van der Waals surface area contributed by atoms with E-state index in [-0.39, 0.29) is 0 Å². The molecular weight excluding hydrogens is 1710 g/mol. The van der Waals surface area contributed by atoms with Gasteiger partial charge in [-0.15, -0.1) is 0 Å². The third kappa shape index (κ3) is 10.1. The van der Waals surface area contributed by atoms with Crippen LogP contribution >= 0.6 is 0 Å². The Hall–Kier alpha value is -18.3. The zero-order valence-electron chi connectivity index (χ0n) is 75.1. The summed E-state index contributed by atoms with van der Waals surface area (Å²) in [5.74, 6) is 0. The van der Waals surface area contributed by atoms with Crippen molar-refractivity contribution in [1.82, 2.24) is 77.4 Å². The van der Waals surface area contributed by atoms with E-state index >= 15 is 0 Å². The first-order chi connectivity index (χ1) is 69.5. The number of rotatable bonds is 0. The van der Waals surface area contributed by atoms with Gasteiger partial charge in [-0.25, -0.2) is 19.9 Å². The highest BCUT2D eigenvalue weighted by Crippen LogP contribution is 2.55. The molecule has 0 fully saturated rings. The van der Waals surface area contributed by atoms with Crippen molar-refractivity contribution in [3.63, 3.8) is 0 Å². The van der Waals surface area contributed by atoms with Gasteiger partial charge in [-0.2, -0.15) is 0 Å². The molecule has 12 aromatic carbocycles. The molecule has 0 N–H and O–H groups in total. The Kier molecular flexibility index (Phi) is 14.9. The number of imidazole rings is 4. The van der Waals surface area contributed by atoms with Crippen LogP contribution in [0.1, 0.15) is 89.0 Å². The standard InChI is InChI=1S/4C31H18N4/c1-2-5-18-17(4-1)14-24-19(18)7-8-20-21-9-10-27-30(26(21)15-25(20)24)34-31-23-6-3-12-33-29(23)22-11-13-32-16-28(22)35(27)31;1-2-5-18-17(4-1)14-24-19(18)7-8-20-21-9-10-27-29(26(21)15-25(20)24)34-31-30-23(6-3-12-33-30)22-11-13-32-16-28(22)35(27)31;1-2-4-18-17(3-1)13-24-19(18)5-6-20-21-7-8-28-30(26(21)14-25(20)24)34-31-23-10-12-32-15-27(23)22-9-11-33-16-29(22)35(28)31;1-2-4-18-17(3-1)13-24-19(18)5-6-20-21-7-8-28-30(26(21)14-25(20)24)34-31-27-15-32-11-9-22(27)23-10-12-33-16-29(23)35(28)31/h2*1-13,16H,14-15H2;2*1-12,15-16H,13-14H2. The molecule has 0 spiro atoms. The van der Waals surface area contributed by atoms with Gasteiger partial charge in [0.05, 0.1) is 96.5 Å². The molecule has 16 heteroatoms. The van der Waals surface area contributed by atoms with Crippen LogP contribution < -0.4 is 0 Å². The second kappa shape index (κ2) is 27.7. The monoisotopic (exact) mass is 1780 g/mol. The molecule has 0 saturated heterocycles. The van der Waals surface area contributed by atoms with Crippen LogP contribution in [-0.4, -0.2) is 77.4 Å². The maximum absolute atomic E-state index is 5.29. The molecule has 140 heavy (non-hydrogen) atoms. The SMILES string of the molecule is c1ccc2c(c1)Cc1c-2ccc2c1Cc1c-2ccc2c1nc1c3cccnc3c3ccncc3n21.c1ccc2c(c1)Cc1c-2ccc2c1Cc1c-2ccc2c1nc1c3ccncc3c3ccncc3n21.c1ccc2c(c1)Cc1c-2ccc2c1Cc1c-2ccc2c1nc1c3cnccc3c3ccncc3n21.c1ccc2c(c1)Cc1c-2ccc2c1Cc1c-2ccc2c1nc1c3ncccc3c3ccncc3n21. The number of benzene rings is 12. The van der Waals surface area contributed by atoms with Crippen molar-refractivity contribution in [2.45, 2.75) is 51.4 Å². The lowest BCUT2D eigenvalue weighted by molar-refractivity contribution is 1.17. The fourth-order valence-electron chi connectivity index (χ4n) is 26.2. The summed E-state index contributed by atoms with van der Waals surface area (Å²) in [6.07, 6.45) is 34.3. The molecule has 8 aliphatic carbocycles. The number of fused-ring (bicyclic) bond motifs is 64. The van der Waals surface area contributed by atoms with Crippen molar-refractivity contribution in [1.29, 1.82) is 0 Å². The molecule has 0 aliphatic heterocycles. The molecule has 36 rings (SSSR count). The van der Waals surface area contributed by atoms with E-state index in [2.05, 4.69) is 290 Å². The van der Waals surface area contributed by atoms with E-state index in [0.717, 1.165) is 200 Å². The normalized spacial score (nSPS) is 13.5.